The molecule has 0 saturated heterocycles. The Labute approximate surface area is 172 Å². The molecule has 140 valence electrons. The molecule has 1 aliphatic carbocycles. The molecule has 1 unspecified atom stereocenters. The van der Waals surface area contributed by atoms with Gasteiger partial charge < -0.3 is 9.30 Å². The fourth-order valence-electron chi connectivity index (χ4n) is 4.19. The van der Waals surface area contributed by atoms with Crippen LogP contribution in [-0.4, -0.2) is 14.8 Å². The lowest BCUT2D eigenvalue weighted by molar-refractivity contribution is 0.0362. The van der Waals surface area contributed by atoms with Gasteiger partial charge in [-0.05, 0) is 59.9 Å². The fourth-order valence-corrected chi connectivity index (χ4v) is 6.51. The van der Waals surface area contributed by atoms with Crippen molar-refractivity contribution in [2.45, 2.75) is 55.1 Å². The number of aryl methyl sites for hydroxylation is 1. The number of hydrogen-bond donors (Lipinski definition) is 0. The molecule has 2 aromatic heterocycles. The predicted octanol–water partition coefficient (Wildman–Crippen LogP) is 5.91. The number of halogens is 1. The van der Waals surface area contributed by atoms with Gasteiger partial charge in [-0.15, -0.1) is 23.1 Å². The van der Waals surface area contributed by atoms with E-state index < -0.39 is 0 Å². The van der Waals surface area contributed by atoms with Crippen LogP contribution in [0, 0.1) is 0 Å². The molecule has 0 N–H and O–H groups in total. The Morgan fingerprint density at radius 2 is 2.15 bits per heavy atom. The molecule has 3 heterocycles. The monoisotopic (exact) mass is 416 g/mol. The number of ether oxygens (including phenoxy) is 1. The molecule has 0 saturated carbocycles. The van der Waals surface area contributed by atoms with E-state index in [0.717, 1.165) is 16.4 Å². The Hall–Kier alpha value is -1.27. The topological polar surface area (TPSA) is 27.1 Å². The fraction of sp³-hybridized carbons (Fsp3) is 0.381. The molecule has 5 rings (SSSR count). The van der Waals surface area contributed by atoms with Crippen molar-refractivity contribution in [2.75, 3.05) is 0 Å². The Morgan fingerprint density at radius 3 is 2.96 bits per heavy atom. The standard InChI is InChI=1S/C21H21ClN2OS2/c22-21-15(7-10-26-21)12-25-20-18(11-24-9-8-23-13-24)27-17-6-5-14-3-1-2-4-16(14)19(17)20/h5-10,13,18,20H,1-4,11-12H2/t18-,20?/m1/s1. The van der Waals surface area contributed by atoms with Crippen LogP contribution >= 0.6 is 34.7 Å². The lowest BCUT2D eigenvalue weighted by atomic mass is 9.86. The highest BCUT2D eigenvalue weighted by atomic mass is 35.5. The maximum Gasteiger partial charge on any atom is 0.0983 e. The average molecular weight is 417 g/mol. The number of imidazole rings is 1. The highest BCUT2D eigenvalue weighted by molar-refractivity contribution is 8.00. The Balaban J connectivity index is 1.47. The molecule has 3 nitrogen and oxygen atoms in total. The molecule has 6 heteroatoms. The van der Waals surface area contributed by atoms with Crippen LogP contribution in [0.2, 0.25) is 4.34 Å². The molecule has 1 aromatic carbocycles. The summed E-state index contributed by atoms with van der Waals surface area (Å²) in [4.78, 5) is 5.59. The summed E-state index contributed by atoms with van der Waals surface area (Å²) in [7, 11) is 0. The minimum absolute atomic E-state index is 0.0939. The van der Waals surface area contributed by atoms with Gasteiger partial charge in [0.25, 0.3) is 0 Å². The minimum Gasteiger partial charge on any atom is -0.367 e. The summed E-state index contributed by atoms with van der Waals surface area (Å²) in [5.41, 5.74) is 5.59. The number of fused-ring (bicyclic) bond motifs is 3. The third-order valence-corrected chi connectivity index (χ3v) is 8.06. The number of thioether (sulfide) groups is 1. The molecule has 27 heavy (non-hydrogen) atoms. The van der Waals surface area contributed by atoms with Crippen molar-refractivity contribution in [3.63, 3.8) is 0 Å². The van der Waals surface area contributed by atoms with Crippen LogP contribution in [0.5, 0.6) is 0 Å². The van der Waals surface area contributed by atoms with E-state index in [-0.39, 0.29) is 6.10 Å². The van der Waals surface area contributed by atoms with Crippen molar-refractivity contribution in [2.24, 2.45) is 0 Å². The van der Waals surface area contributed by atoms with Crippen molar-refractivity contribution < 1.29 is 4.74 Å². The zero-order valence-electron chi connectivity index (χ0n) is 14.9. The van der Waals surface area contributed by atoms with Crippen LogP contribution in [0.25, 0.3) is 0 Å². The van der Waals surface area contributed by atoms with Crippen LogP contribution in [0.15, 0.2) is 47.2 Å². The van der Waals surface area contributed by atoms with E-state index in [9.17, 15) is 0 Å². The van der Waals surface area contributed by atoms with E-state index >= 15 is 0 Å². The molecule has 2 atom stereocenters. The van der Waals surface area contributed by atoms with Gasteiger partial charge in [0, 0.05) is 29.4 Å². The third kappa shape index (κ3) is 3.46. The van der Waals surface area contributed by atoms with Crippen LogP contribution in [0.1, 0.15) is 41.2 Å². The number of hydrogen-bond acceptors (Lipinski definition) is 4. The Kier molecular flexibility index (Phi) is 5.03. The first-order valence-corrected chi connectivity index (χ1v) is 11.5. The van der Waals surface area contributed by atoms with Crippen molar-refractivity contribution in [3.8, 4) is 0 Å². The summed E-state index contributed by atoms with van der Waals surface area (Å²) in [5, 5.41) is 2.38. The number of benzene rings is 1. The van der Waals surface area contributed by atoms with Gasteiger partial charge in [0.15, 0.2) is 0 Å². The summed E-state index contributed by atoms with van der Waals surface area (Å²) in [6.07, 6.45) is 10.8. The van der Waals surface area contributed by atoms with Gasteiger partial charge in [0.1, 0.15) is 0 Å². The molecule has 1 aliphatic heterocycles. The maximum absolute atomic E-state index is 6.55. The van der Waals surface area contributed by atoms with Gasteiger partial charge in [0.05, 0.1) is 28.6 Å². The molecule has 0 spiro atoms. The van der Waals surface area contributed by atoms with E-state index in [1.807, 2.05) is 35.9 Å². The number of thiophene rings is 1. The number of nitrogens with zero attached hydrogens (tertiary/aromatic N) is 2. The largest absolute Gasteiger partial charge is 0.367 e. The van der Waals surface area contributed by atoms with E-state index in [1.54, 1.807) is 16.9 Å². The lowest BCUT2D eigenvalue weighted by Gasteiger charge is -2.25. The van der Waals surface area contributed by atoms with Crippen LogP contribution in [0.4, 0.5) is 0 Å². The second-order valence-electron chi connectivity index (χ2n) is 7.19. The molecular weight excluding hydrogens is 396 g/mol. The smallest absolute Gasteiger partial charge is 0.0983 e. The summed E-state index contributed by atoms with van der Waals surface area (Å²) in [6.45, 7) is 1.47. The van der Waals surface area contributed by atoms with Crippen LogP contribution in [0.3, 0.4) is 0 Å². The first-order chi connectivity index (χ1) is 13.3. The molecule has 2 aliphatic rings. The molecule has 0 radical (unpaired) electrons. The predicted molar refractivity (Wildman–Crippen MR) is 112 cm³/mol. The summed E-state index contributed by atoms with van der Waals surface area (Å²) in [5.74, 6) is 0. The summed E-state index contributed by atoms with van der Waals surface area (Å²) < 4.78 is 9.54. The van der Waals surface area contributed by atoms with E-state index in [0.29, 0.717) is 11.9 Å². The molecule has 3 aromatic rings. The summed E-state index contributed by atoms with van der Waals surface area (Å²) in [6, 6.07) is 6.72. The number of rotatable bonds is 5. The maximum atomic E-state index is 6.55. The highest BCUT2D eigenvalue weighted by Crippen LogP contribution is 2.50. The minimum atomic E-state index is 0.0939. The van der Waals surface area contributed by atoms with E-state index in [2.05, 4.69) is 27.8 Å². The third-order valence-electron chi connectivity index (χ3n) is 5.50. The van der Waals surface area contributed by atoms with Crippen LogP contribution < -0.4 is 0 Å². The van der Waals surface area contributed by atoms with E-state index in [1.165, 1.54) is 41.7 Å². The molecule has 0 amide bonds. The quantitative estimate of drug-likeness (QED) is 0.517. The van der Waals surface area contributed by atoms with Crippen molar-refractivity contribution in [3.05, 3.63) is 68.9 Å². The highest BCUT2D eigenvalue weighted by Gasteiger charge is 2.37. The molecular formula is C21H21ClN2OS2. The number of aromatic nitrogens is 2. The van der Waals surface area contributed by atoms with Gasteiger partial charge in [-0.25, -0.2) is 4.98 Å². The normalized spacial score (nSPS) is 21.2. The zero-order valence-corrected chi connectivity index (χ0v) is 17.3. The lowest BCUT2D eigenvalue weighted by Crippen LogP contribution is -2.21. The molecule has 0 fully saturated rings. The van der Waals surface area contributed by atoms with Crippen molar-refractivity contribution in [1.82, 2.24) is 9.55 Å². The summed E-state index contributed by atoms with van der Waals surface area (Å²) >= 11 is 9.83. The van der Waals surface area contributed by atoms with Gasteiger partial charge >= 0.3 is 0 Å². The average Bonchev–Trinajstić information content (AvgIpc) is 3.41. The SMILES string of the molecule is Clc1sccc1COC1c2c(ccc3c2CCCC3)S[C@@H]1Cn1ccnc1. The first kappa shape index (κ1) is 17.8. The van der Waals surface area contributed by atoms with Gasteiger partial charge in [-0.1, -0.05) is 17.7 Å². The van der Waals surface area contributed by atoms with Gasteiger partial charge in [0.2, 0.25) is 0 Å². The van der Waals surface area contributed by atoms with E-state index in [4.69, 9.17) is 16.3 Å². The second kappa shape index (κ2) is 7.63. The second-order valence-corrected chi connectivity index (χ2v) is 9.99. The Morgan fingerprint density at radius 1 is 1.22 bits per heavy atom. The zero-order chi connectivity index (χ0) is 18.2. The first-order valence-electron chi connectivity index (χ1n) is 9.40. The van der Waals surface area contributed by atoms with Crippen molar-refractivity contribution >= 4 is 34.7 Å². The van der Waals surface area contributed by atoms with Crippen molar-refractivity contribution in [1.29, 1.82) is 0 Å². The van der Waals surface area contributed by atoms with Gasteiger partial charge in [-0.2, -0.15) is 0 Å². The Bertz CT molecular complexity index is 938. The van der Waals surface area contributed by atoms with Gasteiger partial charge in [-0.3, -0.25) is 0 Å². The van der Waals surface area contributed by atoms with Crippen LogP contribution in [-0.2, 0) is 30.7 Å². The molecule has 0 bridgehead atoms.